The highest BCUT2D eigenvalue weighted by atomic mass is 19.1. The molecule has 0 bridgehead atoms. The summed E-state index contributed by atoms with van der Waals surface area (Å²) in [6, 6.07) is 3.40. The Hall–Kier alpha value is -1.88. The fourth-order valence-corrected chi connectivity index (χ4v) is 2.20. The number of nitrogens with zero attached hydrogens (tertiary/aromatic N) is 1. The molecule has 1 aliphatic heterocycles. The van der Waals surface area contributed by atoms with E-state index in [1.165, 1.54) is 18.7 Å². The quantitative estimate of drug-likeness (QED) is 0.828. The van der Waals surface area contributed by atoms with Gasteiger partial charge in [-0.05, 0) is 37.1 Å². The SMILES string of the molecule is C=Cc1cc2c(cc1N)CN(CC(F)C(C)(C)O)C2=O. The number of nitrogens with two attached hydrogens (primary N) is 1. The summed E-state index contributed by atoms with van der Waals surface area (Å²) < 4.78 is 13.9. The molecule has 1 atom stereocenters. The Bertz CT molecular complexity index is 564. The third kappa shape index (κ3) is 2.54. The fourth-order valence-electron chi connectivity index (χ4n) is 2.20. The van der Waals surface area contributed by atoms with Gasteiger partial charge in [-0.3, -0.25) is 4.79 Å². The number of amides is 1. The highest BCUT2D eigenvalue weighted by molar-refractivity contribution is 5.99. The van der Waals surface area contributed by atoms with Crippen LogP contribution in [0.25, 0.3) is 6.08 Å². The number of anilines is 1. The molecule has 2 rings (SSSR count). The number of nitrogen functional groups attached to an aromatic ring is 1. The second kappa shape index (κ2) is 4.90. The predicted octanol–water partition coefficient (Wildman–Crippen LogP) is 1.98. The number of halogens is 1. The fraction of sp³-hybridized carbons (Fsp3) is 0.400. The largest absolute Gasteiger partial charge is 0.398 e. The minimum atomic E-state index is -1.50. The minimum Gasteiger partial charge on any atom is -0.398 e. The average Bonchev–Trinajstić information content (AvgIpc) is 2.63. The van der Waals surface area contributed by atoms with Crippen LogP contribution in [0.2, 0.25) is 0 Å². The lowest BCUT2D eigenvalue weighted by atomic mass is 10.0. The van der Waals surface area contributed by atoms with Gasteiger partial charge in [0.25, 0.3) is 5.91 Å². The van der Waals surface area contributed by atoms with Gasteiger partial charge in [0, 0.05) is 17.8 Å². The van der Waals surface area contributed by atoms with Gasteiger partial charge in [0.2, 0.25) is 0 Å². The number of rotatable bonds is 4. The summed E-state index contributed by atoms with van der Waals surface area (Å²) in [4.78, 5) is 13.6. The van der Waals surface area contributed by atoms with Gasteiger partial charge in [-0.15, -0.1) is 0 Å². The first-order chi connectivity index (χ1) is 9.24. The smallest absolute Gasteiger partial charge is 0.254 e. The molecule has 0 saturated heterocycles. The summed E-state index contributed by atoms with van der Waals surface area (Å²) in [5, 5.41) is 9.63. The number of hydrogen-bond donors (Lipinski definition) is 2. The van der Waals surface area contributed by atoms with Gasteiger partial charge in [-0.1, -0.05) is 12.7 Å². The van der Waals surface area contributed by atoms with Gasteiger partial charge in [0.05, 0.1) is 12.1 Å². The van der Waals surface area contributed by atoms with E-state index in [1.54, 1.807) is 18.2 Å². The van der Waals surface area contributed by atoms with E-state index in [2.05, 4.69) is 6.58 Å². The van der Waals surface area contributed by atoms with E-state index in [-0.39, 0.29) is 12.5 Å². The summed E-state index contributed by atoms with van der Waals surface area (Å²) in [5.74, 6) is -0.241. The summed E-state index contributed by atoms with van der Waals surface area (Å²) in [6.07, 6.45) is 0.0809. The molecule has 1 aromatic rings. The van der Waals surface area contributed by atoms with Crippen molar-refractivity contribution < 1.29 is 14.3 Å². The second-order valence-corrected chi connectivity index (χ2v) is 5.65. The molecule has 20 heavy (non-hydrogen) atoms. The predicted molar refractivity (Wildman–Crippen MR) is 76.9 cm³/mol. The van der Waals surface area contributed by atoms with E-state index >= 15 is 0 Å². The molecular weight excluding hydrogens is 259 g/mol. The first-order valence-corrected chi connectivity index (χ1v) is 6.44. The van der Waals surface area contributed by atoms with Gasteiger partial charge in [0.1, 0.15) is 6.17 Å². The molecule has 0 spiro atoms. The molecule has 4 nitrogen and oxygen atoms in total. The van der Waals surface area contributed by atoms with Crippen LogP contribution in [0.1, 0.15) is 35.3 Å². The lowest BCUT2D eigenvalue weighted by Gasteiger charge is -2.26. The van der Waals surface area contributed by atoms with Gasteiger partial charge in [0.15, 0.2) is 0 Å². The number of hydrogen-bond acceptors (Lipinski definition) is 3. The topological polar surface area (TPSA) is 66.6 Å². The van der Waals surface area contributed by atoms with Crippen molar-refractivity contribution >= 4 is 17.7 Å². The van der Waals surface area contributed by atoms with Crippen LogP contribution in [0.5, 0.6) is 0 Å². The number of benzene rings is 1. The zero-order valence-corrected chi connectivity index (χ0v) is 11.7. The summed E-state index contributed by atoms with van der Waals surface area (Å²) in [7, 11) is 0. The highest BCUT2D eigenvalue weighted by Gasteiger charge is 2.34. The van der Waals surface area contributed by atoms with E-state index in [9.17, 15) is 14.3 Å². The van der Waals surface area contributed by atoms with Crippen molar-refractivity contribution in [3.05, 3.63) is 35.4 Å². The van der Waals surface area contributed by atoms with Crippen molar-refractivity contribution in [3.63, 3.8) is 0 Å². The van der Waals surface area contributed by atoms with Crippen molar-refractivity contribution in [3.8, 4) is 0 Å². The number of aliphatic hydroxyl groups is 1. The van der Waals surface area contributed by atoms with E-state index in [0.717, 1.165) is 5.56 Å². The number of alkyl halides is 1. The Balaban J connectivity index is 2.24. The maximum absolute atomic E-state index is 13.9. The molecule has 1 aliphatic rings. The molecule has 108 valence electrons. The van der Waals surface area contributed by atoms with Gasteiger partial charge >= 0.3 is 0 Å². The average molecular weight is 278 g/mol. The van der Waals surface area contributed by atoms with Crippen LogP contribution in [0, 0.1) is 0 Å². The summed E-state index contributed by atoms with van der Waals surface area (Å²) in [6.45, 7) is 6.59. The van der Waals surface area contributed by atoms with Crippen molar-refractivity contribution in [2.24, 2.45) is 0 Å². The summed E-state index contributed by atoms with van der Waals surface area (Å²) >= 11 is 0. The van der Waals surface area contributed by atoms with Crippen LogP contribution in [0.15, 0.2) is 18.7 Å². The van der Waals surface area contributed by atoms with Crippen LogP contribution in [0.3, 0.4) is 0 Å². The Kier molecular flexibility index (Phi) is 3.56. The lowest BCUT2D eigenvalue weighted by molar-refractivity contribution is -0.0159. The number of carbonyl (C=O) groups excluding carboxylic acids is 1. The lowest BCUT2D eigenvalue weighted by Crippen LogP contribution is -2.42. The van der Waals surface area contributed by atoms with E-state index in [0.29, 0.717) is 23.4 Å². The summed E-state index contributed by atoms with van der Waals surface area (Å²) in [5.41, 5.74) is 6.92. The number of carbonyl (C=O) groups is 1. The molecule has 1 amide bonds. The molecule has 1 unspecified atom stereocenters. The Morgan fingerprint density at radius 3 is 2.80 bits per heavy atom. The molecule has 0 radical (unpaired) electrons. The van der Waals surface area contributed by atoms with Gasteiger partial charge < -0.3 is 15.7 Å². The second-order valence-electron chi connectivity index (χ2n) is 5.65. The van der Waals surface area contributed by atoms with E-state index in [1.807, 2.05) is 0 Å². The van der Waals surface area contributed by atoms with Crippen LogP contribution in [-0.2, 0) is 6.54 Å². The monoisotopic (exact) mass is 278 g/mol. The maximum Gasteiger partial charge on any atom is 0.254 e. The first-order valence-electron chi connectivity index (χ1n) is 6.44. The van der Waals surface area contributed by atoms with Crippen molar-refractivity contribution in [2.45, 2.75) is 32.2 Å². The van der Waals surface area contributed by atoms with Crippen molar-refractivity contribution in [1.29, 1.82) is 0 Å². The highest BCUT2D eigenvalue weighted by Crippen LogP contribution is 2.29. The Morgan fingerprint density at radius 1 is 1.60 bits per heavy atom. The third-order valence-electron chi connectivity index (χ3n) is 3.55. The first kappa shape index (κ1) is 14.5. The Morgan fingerprint density at radius 2 is 2.25 bits per heavy atom. The van der Waals surface area contributed by atoms with Crippen LogP contribution in [-0.4, -0.2) is 34.2 Å². The third-order valence-corrected chi connectivity index (χ3v) is 3.55. The molecule has 0 fully saturated rings. The molecule has 1 aromatic carbocycles. The standard InChI is InChI=1S/C15H19FN2O2/c1-4-9-5-11-10(6-12(9)17)7-18(14(11)19)8-13(16)15(2,3)20/h4-6,13,20H,1,7-8,17H2,2-3H3. The zero-order chi connectivity index (χ0) is 15.1. The zero-order valence-electron chi connectivity index (χ0n) is 11.7. The molecule has 0 saturated carbocycles. The molecular formula is C15H19FN2O2. The van der Waals surface area contributed by atoms with Crippen molar-refractivity contribution in [1.82, 2.24) is 4.90 Å². The van der Waals surface area contributed by atoms with Gasteiger partial charge in [-0.25, -0.2) is 4.39 Å². The minimum absolute atomic E-state index is 0.139. The van der Waals surface area contributed by atoms with Crippen LogP contribution >= 0.6 is 0 Å². The normalized spacial score (nSPS) is 16.2. The molecule has 0 aliphatic carbocycles. The molecule has 1 heterocycles. The van der Waals surface area contributed by atoms with Crippen LogP contribution in [0.4, 0.5) is 10.1 Å². The van der Waals surface area contributed by atoms with Crippen molar-refractivity contribution in [2.75, 3.05) is 12.3 Å². The maximum atomic E-state index is 13.9. The Labute approximate surface area is 117 Å². The van der Waals surface area contributed by atoms with E-state index in [4.69, 9.17) is 5.73 Å². The van der Waals surface area contributed by atoms with Crippen LogP contribution < -0.4 is 5.73 Å². The number of fused-ring (bicyclic) bond motifs is 1. The van der Waals surface area contributed by atoms with E-state index < -0.39 is 11.8 Å². The molecule has 5 heteroatoms. The van der Waals surface area contributed by atoms with Gasteiger partial charge in [-0.2, -0.15) is 0 Å². The molecule has 3 N–H and O–H groups in total. The molecule has 0 aromatic heterocycles.